The molecule has 1 heterocycles. The minimum absolute atomic E-state index is 0.143. The summed E-state index contributed by atoms with van der Waals surface area (Å²) in [6.07, 6.45) is 1.47. The van der Waals surface area contributed by atoms with Crippen molar-refractivity contribution >= 4 is 29.1 Å². The van der Waals surface area contributed by atoms with Gasteiger partial charge in [0.15, 0.2) is 0 Å². The summed E-state index contributed by atoms with van der Waals surface area (Å²) in [6.45, 7) is 1.61. The SMILES string of the molecule is C[C@H](NC(=O)CC1CC1)C(=O)N[C@H]1N=C(c2ccccc2)c2ccccc2N(C)C1=O. The molecule has 4 rings (SSSR count). The van der Waals surface area contributed by atoms with E-state index in [1.807, 2.05) is 54.6 Å². The van der Waals surface area contributed by atoms with E-state index in [4.69, 9.17) is 0 Å². The highest BCUT2D eigenvalue weighted by Gasteiger charge is 2.32. The molecule has 0 saturated heterocycles. The number of aliphatic imine (C=N–C) groups is 1. The van der Waals surface area contributed by atoms with E-state index in [0.717, 1.165) is 29.7 Å². The molecule has 1 fully saturated rings. The van der Waals surface area contributed by atoms with Crippen LogP contribution in [0.3, 0.4) is 0 Å². The number of carbonyl (C=O) groups is 3. The molecule has 0 bridgehead atoms. The fourth-order valence-electron chi connectivity index (χ4n) is 3.65. The van der Waals surface area contributed by atoms with Crippen LogP contribution in [-0.4, -0.2) is 42.7 Å². The van der Waals surface area contributed by atoms with Crippen molar-refractivity contribution in [2.45, 2.75) is 38.4 Å². The first-order valence-electron chi connectivity index (χ1n) is 10.5. The number of hydrogen-bond acceptors (Lipinski definition) is 4. The summed E-state index contributed by atoms with van der Waals surface area (Å²) < 4.78 is 0. The van der Waals surface area contributed by atoms with Crippen LogP contribution in [-0.2, 0) is 14.4 Å². The highest BCUT2D eigenvalue weighted by molar-refractivity contribution is 6.20. The first-order valence-corrected chi connectivity index (χ1v) is 10.5. The van der Waals surface area contributed by atoms with Gasteiger partial charge in [-0.2, -0.15) is 0 Å². The van der Waals surface area contributed by atoms with E-state index in [0.29, 0.717) is 18.1 Å². The number of nitrogens with zero attached hydrogens (tertiary/aromatic N) is 2. The predicted octanol–water partition coefficient (Wildman–Crippen LogP) is 2.25. The second-order valence-corrected chi connectivity index (χ2v) is 8.11. The van der Waals surface area contributed by atoms with Crippen LogP contribution in [0.25, 0.3) is 0 Å². The van der Waals surface area contributed by atoms with Crippen molar-refractivity contribution in [1.82, 2.24) is 10.6 Å². The minimum atomic E-state index is -1.09. The van der Waals surface area contributed by atoms with Gasteiger partial charge in [0, 0.05) is 24.6 Å². The molecule has 1 aliphatic carbocycles. The fraction of sp³-hybridized carbons (Fsp3) is 0.333. The van der Waals surface area contributed by atoms with Crippen molar-refractivity contribution in [2.75, 3.05) is 11.9 Å². The zero-order chi connectivity index (χ0) is 22.0. The summed E-state index contributed by atoms with van der Waals surface area (Å²) in [7, 11) is 1.67. The molecule has 31 heavy (non-hydrogen) atoms. The van der Waals surface area contributed by atoms with E-state index in [1.54, 1.807) is 14.0 Å². The molecule has 0 aromatic heterocycles. The summed E-state index contributed by atoms with van der Waals surface area (Å²) >= 11 is 0. The van der Waals surface area contributed by atoms with Gasteiger partial charge in [-0.15, -0.1) is 0 Å². The van der Waals surface area contributed by atoms with Crippen LogP contribution in [0.5, 0.6) is 0 Å². The smallest absolute Gasteiger partial charge is 0.272 e. The van der Waals surface area contributed by atoms with Gasteiger partial charge in [0.25, 0.3) is 5.91 Å². The van der Waals surface area contributed by atoms with Gasteiger partial charge in [-0.25, -0.2) is 4.99 Å². The number of carbonyl (C=O) groups excluding carboxylic acids is 3. The molecule has 160 valence electrons. The third-order valence-electron chi connectivity index (χ3n) is 5.61. The number of hydrogen-bond donors (Lipinski definition) is 2. The van der Waals surface area contributed by atoms with Crippen LogP contribution in [0.2, 0.25) is 0 Å². The van der Waals surface area contributed by atoms with Crippen LogP contribution < -0.4 is 15.5 Å². The molecule has 2 atom stereocenters. The Labute approximate surface area is 181 Å². The lowest BCUT2D eigenvalue weighted by atomic mass is 10.0. The Morgan fingerprint density at radius 3 is 2.48 bits per heavy atom. The maximum atomic E-state index is 13.1. The molecule has 7 nitrogen and oxygen atoms in total. The first-order chi connectivity index (χ1) is 14.9. The standard InChI is InChI=1S/C24H26N4O3/c1-15(25-20(29)14-16-12-13-16)23(30)27-22-24(31)28(2)19-11-7-6-10-18(19)21(26-22)17-8-4-3-5-9-17/h3-11,15-16,22H,12-14H2,1-2H3,(H,25,29)(H,27,30)/t15-,22+/m0/s1. The van der Waals surface area contributed by atoms with Crippen molar-refractivity contribution in [2.24, 2.45) is 10.9 Å². The maximum absolute atomic E-state index is 13.1. The topological polar surface area (TPSA) is 90.9 Å². The normalized spacial score (nSPS) is 19.0. The van der Waals surface area contributed by atoms with E-state index >= 15 is 0 Å². The third kappa shape index (κ3) is 4.66. The van der Waals surface area contributed by atoms with E-state index in [1.165, 1.54) is 4.90 Å². The number of rotatable bonds is 6. The zero-order valence-corrected chi connectivity index (χ0v) is 17.7. The van der Waals surface area contributed by atoms with Gasteiger partial charge >= 0.3 is 0 Å². The van der Waals surface area contributed by atoms with E-state index < -0.39 is 18.1 Å². The van der Waals surface area contributed by atoms with E-state index in [2.05, 4.69) is 15.6 Å². The van der Waals surface area contributed by atoms with Crippen molar-refractivity contribution in [1.29, 1.82) is 0 Å². The molecule has 3 amide bonds. The van der Waals surface area contributed by atoms with Crippen molar-refractivity contribution < 1.29 is 14.4 Å². The molecular weight excluding hydrogens is 392 g/mol. The van der Waals surface area contributed by atoms with Gasteiger partial charge in [0.2, 0.25) is 18.0 Å². The van der Waals surface area contributed by atoms with Crippen LogP contribution in [0.15, 0.2) is 59.6 Å². The Morgan fingerprint density at radius 2 is 1.77 bits per heavy atom. The fourth-order valence-corrected chi connectivity index (χ4v) is 3.65. The Bertz CT molecular complexity index is 1030. The molecule has 2 aliphatic rings. The van der Waals surface area contributed by atoms with Crippen molar-refractivity contribution in [3.8, 4) is 0 Å². The van der Waals surface area contributed by atoms with Gasteiger partial charge in [0.1, 0.15) is 6.04 Å². The number of amides is 3. The summed E-state index contributed by atoms with van der Waals surface area (Å²) in [4.78, 5) is 44.1. The number of anilines is 1. The monoisotopic (exact) mass is 418 g/mol. The van der Waals surface area contributed by atoms with Crippen LogP contribution in [0.4, 0.5) is 5.69 Å². The second-order valence-electron chi connectivity index (χ2n) is 8.11. The van der Waals surface area contributed by atoms with Gasteiger partial charge in [-0.1, -0.05) is 48.5 Å². The average molecular weight is 418 g/mol. The lowest BCUT2D eigenvalue weighted by Crippen LogP contribution is -2.52. The lowest BCUT2D eigenvalue weighted by Gasteiger charge is -2.22. The third-order valence-corrected chi connectivity index (χ3v) is 5.61. The van der Waals surface area contributed by atoms with Crippen molar-refractivity contribution in [3.63, 3.8) is 0 Å². The maximum Gasteiger partial charge on any atom is 0.272 e. The van der Waals surface area contributed by atoms with Gasteiger partial charge < -0.3 is 15.5 Å². The summed E-state index contributed by atoms with van der Waals surface area (Å²) in [6, 6.07) is 16.3. The average Bonchev–Trinajstić information content (AvgIpc) is 3.60. The molecular formula is C24H26N4O3. The molecule has 2 aromatic rings. The van der Waals surface area contributed by atoms with Gasteiger partial charge in [-0.05, 0) is 31.7 Å². The van der Waals surface area contributed by atoms with Crippen molar-refractivity contribution in [3.05, 3.63) is 65.7 Å². The van der Waals surface area contributed by atoms with Crippen LogP contribution >= 0.6 is 0 Å². The van der Waals surface area contributed by atoms with Gasteiger partial charge in [0.05, 0.1) is 11.4 Å². The molecule has 1 aliphatic heterocycles. The summed E-state index contributed by atoms with van der Waals surface area (Å²) in [5.74, 6) is -0.500. The first kappa shape index (κ1) is 20.8. The molecule has 2 N–H and O–H groups in total. The molecule has 7 heteroatoms. The van der Waals surface area contributed by atoms with E-state index in [-0.39, 0.29) is 11.8 Å². The quantitative estimate of drug-likeness (QED) is 0.754. The Hall–Kier alpha value is -3.48. The molecule has 2 aromatic carbocycles. The van der Waals surface area contributed by atoms with Crippen LogP contribution in [0, 0.1) is 5.92 Å². The lowest BCUT2D eigenvalue weighted by molar-refractivity contribution is -0.131. The van der Waals surface area contributed by atoms with Crippen LogP contribution in [0.1, 0.15) is 37.3 Å². The number of nitrogens with one attached hydrogen (secondary N) is 2. The Morgan fingerprint density at radius 1 is 1.10 bits per heavy atom. The van der Waals surface area contributed by atoms with E-state index in [9.17, 15) is 14.4 Å². The predicted molar refractivity (Wildman–Crippen MR) is 119 cm³/mol. The number of likely N-dealkylation sites (N-methyl/N-ethyl adjacent to an activating group) is 1. The van der Waals surface area contributed by atoms with Gasteiger partial charge in [-0.3, -0.25) is 14.4 Å². The Balaban J connectivity index is 1.60. The number of benzene rings is 2. The molecule has 0 unspecified atom stereocenters. The molecule has 0 radical (unpaired) electrons. The second kappa shape index (κ2) is 8.71. The largest absolute Gasteiger partial charge is 0.345 e. The summed E-state index contributed by atoms with van der Waals surface area (Å²) in [5.41, 5.74) is 3.01. The number of benzodiazepines with no additional fused rings is 1. The molecule has 0 spiro atoms. The Kier molecular flexibility index (Phi) is 5.84. The number of fused-ring (bicyclic) bond motifs is 1. The zero-order valence-electron chi connectivity index (χ0n) is 17.7. The highest BCUT2D eigenvalue weighted by Crippen LogP contribution is 2.32. The number of para-hydroxylation sites is 1. The highest BCUT2D eigenvalue weighted by atomic mass is 16.2. The minimum Gasteiger partial charge on any atom is -0.345 e. The summed E-state index contributed by atoms with van der Waals surface area (Å²) in [5, 5.41) is 5.43. The molecule has 1 saturated carbocycles.